The summed E-state index contributed by atoms with van der Waals surface area (Å²) in [5.74, 6) is 1.11. The van der Waals surface area contributed by atoms with Crippen LogP contribution in [0.25, 0.3) is 0 Å². The van der Waals surface area contributed by atoms with E-state index in [4.69, 9.17) is 0 Å². The average Bonchev–Trinajstić information content (AvgIpc) is 2.57. The second-order valence-electron chi connectivity index (χ2n) is 8.24. The van der Waals surface area contributed by atoms with Gasteiger partial charge in [-0.1, -0.05) is 111 Å². The van der Waals surface area contributed by atoms with Crippen LogP contribution >= 0.6 is 15.9 Å². The average molecular weight is 404 g/mol. The lowest BCUT2D eigenvalue weighted by Crippen LogP contribution is -2.31. The summed E-state index contributed by atoms with van der Waals surface area (Å²) >= 11 is 3.57. The van der Waals surface area contributed by atoms with Gasteiger partial charge in [-0.25, -0.2) is 0 Å². The van der Waals surface area contributed by atoms with Crippen LogP contribution in [0.3, 0.4) is 0 Å². The predicted molar refractivity (Wildman–Crippen MR) is 111 cm³/mol. The Balaban J connectivity index is 1.58. The molecule has 0 aromatic carbocycles. The van der Waals surface area contributed by atoms with Crippen LogP contribution in [0.4, 0.5) is 0 Å². The molecule has 0 atom stereocenters. The van der Waals surface area contributed by atoms with Crippen molar-refractivity contribution >= 4 is 33.5 Å². The van der Waals surface area contributed by atoms with Crippen LogP contribution in [0.5, 0.6) is 0 Å². The van der Waals surface area contributed by atoms with E-state index in [0.717, 1.165) is 5.92 Å². The molecule has 2 aliphatic rings. The van der Waals surface area contributed by atoms with Crippen LogP contribution in [-0.2, 0) is 0 Å². The minimum atomic E-state index is -0.335. The van der Waals surface area contributed by atoms with Gasteiger partial charge in [-0.2, -0.15) is 0 Å². The molecule has 0 aliphatic carbocycles. The summed E-state index contributed by atoms with van der Waals surface area (Å²) < 4.78 is 0. The molecule has 0 N–H and O–H groups in total. The third-order valence-electron chi connectivity index (χ3n) is 6.66. The van der Waals surface area contributed by atoms with Crippen LogP contribution < -0.4 is 0 Å². The van der Waals surface area contributed by atoms with Crippen LogP contribution in [0.1, 0.15) is 71.1 Å². The predicted octanol–water partition coefficient (Wildman–Crippen LogP) is 6.77. The van der Waals surface area contributed by atoms with Gasteiger partial charge in [0.15, 0.2) is 0 Å². The van der Waals surface area contributed by atoms with Crippen molar-refractivity contribution in [2.24, 2.45) is 5.92 Å². The van der Waals surface area contributed by atoms with Crippen molar-refractivity contribution in [1.82, 2.24) is 0 Å². The maximum atomic E-state index is 3.57. The molecule has 0 spiro atoms. The third kappa shape index (κ3) is 6.80. The molecule has 2 fully saturated rings. The minimum absolute atomic E-state index is 0.264. The first kappa shape index (κ1) is 19.2. The van der Waals surface area contributed by atoms with Crippen molar-refractivity contribution in [2.45, 2.75) is 107 Å². The SMILES string of the molecule is CCCCC[Si@H]1CC[C@H]([Si@H]2CC[C@H](CCCCBr)CC2)CC1. The first-order chi connectivity index (χ1) is 10.8. The summed E-state index contributed by atoms with van der Waals surface area (Å²) in [7, 11) is -0.599. The molecule has 0 aromatic rings. The van der Waals surface area contributed by atoms with E-state index in [2.05, 4.69) is 22.9 Å². The molecule has 0 bridgehead atoms. The number of halogens is 1. The fourth-order valence-corrected chi connectivity index (χ4v) is 14.2. The monoisotopic (exact) mass is 402 g/mol. The number of hydrogen-bond acceptors (Lipinski definition) is 0. The summed E-state index contributed by atoms with van der Waals surface area (Å²) in [5.41, 5.74) is 1.28. The molecule has 22 heavy (non-hydrogen) atoms. The van der Waals surface area contributed by atoms with Crippen LogP contribution in [0.2, 0.25) is 35.8 Å². The lowest BCUT2D eigenvalue weighted by molar-refractivity contribution is 0.419. The van der Waals surface area contributed by atoms with Gasteiger partial charge in [0.1, 0.15) is 0 Å². The Morgan fingerprint density at radius 3 is 2.23 bits per heavy atom. The molecule has 130 valence electrons. The standard InChI is InChI=1S/C19H39BrSi2/c1-2-3-6-13-21-14-10-19(11-15-21)22-16-8-18(9-17-22)7-4-5-12-20/h18-19,21-22H,2-17H2,1H3/t18-,19-,21-,22-. The number of unbranched alkanes of at least 4 members (excludes halogenated alkanes) is 3. The molecule has 3 heteroatoms. The van der Waals surface area contributed by atoms with Gasteiger partial charge in [-0.15, -0.1) is 0 Å². The van der Waals surface area contributed by atoms with E-state index in [1.807, 2.05) is 0 Å². The van der Waals surface area contributed by atoms with E-state index in [1.54, 1.807) is 62.3 Å². The van der Waals surface area contributed by atoms with E-state index < -0.39 is 0 Å². The Morgan fingerprint density at radius 2 is 1.59 bits per heavy atom. The Labute approximate surface area is 151 Å². The summed E-state index contributed by atoms with van der Waals surface area (Å²) in [5, 5.41) is 1.21. The second-order valence-corrected chi connectivity index (χ2v) is 16.1. The summed E-state index contributed by atoms with van der Waals surface area (Å²) in [6.45, 7) is 2.35. The third-order valence-corrected chi connectivity index (χ3v) is 14.9. The van der Waals surface area contributed by atoms with Gasteiger partial charge in [0, 0.05) is 22.9 Å². The Kier molecular flexibility index (Phi) is 10.0. The normalized spacial score (nSPS) is 33.0. The number of hydrogen-bond donors (Lipinski definition) is 0. The van der Waals surface area contributed by atoms with Crippen molar-refractivity contribution in [3.63, 3.8) is 0 Å². The van der Waals surface area contributed by atoms with Gasteiger partial charge in [-0.3, -0.25) is 0 Å². The highest BCUT2D eigenvalue weighted by Crippen LogP contribution is 2.41. The zero-order chi connectivity index (χ0) is 15.6. The van der Waals surface area contributed by atoms with E-state index in [1.165, 1.54) is 43.0 Å². The van der Waals surface area contributed by atoms with Crippen LogP contribution in [0, 0.1) is 5.92 Å². The quantitative estimate of drug-likeness (QED) is 0.226. The molecule has 2 saturated heterocycles. The smallest absolute Gasteiger partial charge is 0.0399 e. The molecule has 0 nitrogen and oxygen atoms in total. The maximum absolute atomic E-state index is 3.57. The highest BCUT2D eigenvalue weighted by atomic mass is 79.9. The first-order valence-electron chi connectivity index (χ1n) is 10.4. The van der Waals surface area contributed by atoms with Crippen LogP contribution in [-0.4, -0.2) is 22.9 Å². The van der Waals surface area contributed by atoms with E-state index >= 15 is 0 Å². The van der Waals surface area contributed by atoms with E-state index in [9.17, 15) is 0 Å². The molecule has 0 unspecified atom stereocenters. The van der Waals surface area contributed by atoms with Crippen molar-refractivity contribution in [2.75, 3.05) is 5.33 Å². The summed E-state index contributed by atoms with van der Waals surface area (Å²) in [6, 6.07) is 8.57. The largest absolute Gasteiger partial charge is 0.0928 e. The van der Waals surface area contributed by atoms with Gasteiger partial charge < -0.3 is 0 Å². The molecule has 0 saturated carbocycles. The van der Waals surface area contributed by atoms with Crippen molar-refractivity contribution in [3.05, 3.63) is 0 Å². The molecule has 2 aliphatic heterocycles. The molecule has 2 rings (SSSR count). The summed E-state index contributed by atoms with van der Waals surface area (Å²) in [6.07, 6.45) is 15.5. The van der Waals surface area contributed by atoms with Gasteiger partial charge in [-0.05, 0) is 17.9 Å². The van der Waals surface area contributed by atoms with E-state index in [0.29, 0.717) is 0 Å². The molecular weight excluding hydrogens is 364 g/mol. The van der Waals surface area contributed by atoms with Gasteiger partial charge >= 0.3 is 0 Å². The molecule has 0 radical (unpaired) electrons. The summed E-state index contributed by atoms with van der Waals surface area (Å²) in [4.78, 5) is 0. The molecule has 0 aromatic heterocycles. The van der Waals surface area contributed by atoms with Crippen molar-refractivity contribution in [1.29, 1.82) is 0 Å². The lowest BCUT2D eigenvalue weighted by atomic mass is 9.96. The van der Waals surface area contributed by atoms with Gasteiger partial charge in [0.2, 0.25) is 0 Å². The molecule has 2 heterocycles. The highest BCUT2D eigenvalue weighted by Gasteiger charge is 2.31. The Hall–Kier alpha value is 0.914. The number of rotatable bonds is 9. The van der Waals surface area contributed by atoms with E-state index in [-0.39, 0.29) is 17.6 Å². The topological polar surface area (TPSA) is 0 Å². The lowest BCUT2D eigenvalue weighted by Gasteiger charge is -2.36. The van der Waals surface area contributed by atoms with Gasteiger partial charge in [0.05, 0.1) is 0 Å². The Morgan fingerprint density at radius 1 is 0.864 bits per heavy atom. The fraction of sp³-hybridized carbons (Fsp3) is 1.00. The number of alkyl halides is 1. The van der Waals surface area contributed by atoms with Gasteiger partial charge in [0.25, 0.3) is 0 Å². The maximum Gasteiger partial charge on any atom is 0.0399 e. The van der Waals surface area contributed by atoms with Crippen LogP contribution in [0.15, 0.2) is 0 Å². The van der Waals surface area contributed by atoms with Crippen molar-refractivity contribution in [3.8, 4) is 0 Å². The second kappa shape index (κ2) is 11.5. The molecular formula is C19H39BrSi2. The zero-order valence-corrected chi connectivity index (χ0v) is 18.9. The zero-order valence-electron chi connectivity index (χ0n) is 15.0. The minimum Gasteiger partial charge on any atom is -0.0928 e. The Bertz CT molecular complexity index is 241. The van der Waals surface area contributed by atoms with Crippen molar-refractivity contribution < 1.29 is 0 Å². The highest BCUT2D eigenvalue weighted by molar-refractivity contribution is 9.09. The first-order valence-corrected chi connectivity index (χ1v) is 16.3. The molecule has 0 amide bonds. The fourth-order valence-electron chi connectivity index (χ4n) is 5.11.